The molecule has 0 aliphatic rings. The summed E-state index contributed by atoms with van der Waals surface area (Å²) in [5, 5.41) is 1.19. The summed E-state index contributed by atoms with van der Waals surface area (Å²) >= 11 is 0. The second kappa shape index (κ2) is 21.9. The molecule has 4 aromatic carbocycles. The first-order valence-corrected chi connectivity index (χ1v) is 19.5. The monoisotopic (exact) mass is 778 g/mol. The molecule has 0 amide bonds. The molecular formula is C46H50O11. The minimum atomic E-state index is -0.0536. The first kappa shape index (κ1) is 41.3. The molecule has 6 rings (SSSR count). The molecule has 0 N–H and O–H groups in total. The minimum Gasteiger partial charge on any atom is -0.491 e. The van der Waals surface area contributed by atoms with Crippen molar-refractivity contribution >= 4 is 21.9 Å². The van der Waals surface area contributed by atoms with E-state index >= 15 is 0 Å². The van der Waals surface area contributed by atoms with E-state index in [-0.39, 0.29) is 10.9 Å². The van der Waals surface area contributed by atoms with E-state index in [0.717, 1.165) is 35.1 Å². The van der Waals surface area contributed by atoms with Crippen LogP contribution in [-0.2, 0) is 36.5 Å². The van der Waals surface area contributed by atoms with E-state index in [1.54, 1.807) is 0 Å². The Labute approximate surface area is 332 Å². The molecule has 0 aliphatic heterocycles. The standard InChI is InChI=1S/C46H50O11/c1-3-33-5-15-43-39(29-33)41(47)31-45(56-43)35-7-11-37(12-8-35)54-27-25-52-23-21-50-19-17-49-18-20-51-22-24-53-26-28-55-38-13-9-36(10-14-38)46-32-42(48)40-30-34(4-2)6-16-44(40)57-46/h5-16,29-32H,3-4,17-28H2,1-2H3. The molecule has 0 saturated carbocycles. The second-order valence-corrected chi connectivity index (χ2v) is 13.1. The largest absolute Gasteiger partial charge is 0.491 e. The molecule has 57 heavy (non-hydrogen) atoms. The predicted octanol–water partition coefficient (Wildman–Crippen LogP) is 7.90. The van der Waals surface area contributed by atoms with Crippen LogP contribution in [0.3, 0.4) is 0 Å². The van der Waals surface area contributed by atoms with Gasteiger partial charge in [0.1, 0.15) is 47.4 Å². The second-order valence-electron chi connectivity index (χ2n) is 13.1. The van der Waals surface area contributed by atoms with Crippen molar-refractivity contribution in [1.29, 1.82) is 0 Å². The van der Waals surface area contributed by atoms with Crippen molar-refractivity contribution in [3.05, 3.63) is 129 Å². The number of rotatable bonds is 24. The number of aryl methyl sites for hydroxylation is 2. The van der Waals surface area contributed by atoms with E-state index in [9.17, 15) is 9.59 Å². The molecule has 0 unspecified atom stereocenters. The number of hydrogen-bond donors (Lipinski definition) is 0. The Morgan fingerprint density at radius 1 is 0.404 bits per heavy atom. The van der Waals surface area contributed by atoms with Gasteiger partial charge in [0.05, 0.1) is 76.8 Å². The quantitative estimate of drug-likeness (QED) is 0.0557. The van der Waals surface area contributed by atoms with Crippen LogP contribution in [0, 0.1) is 0 Å². The Morgan fingerprint density at radius 3 is 1.07 bits per heavy atom. The van der Waals surface area contributed by atoms with Crippen LogP contribution in [-0.4, -0.2) is 79.3 Å². The van der Waals surface area contributed by atoms with Gasteiger partial charge in [-0.15, -0.1) is 0 Å². The molecule has 2 heterocycles. The fraction of sp³-hybridized carbons (Fsp3) is 0.348. The summed E-state index contributed by atoms with van der Waals surface area (Å²) in [6.45, 7) is 9.48. The Kier molecular flexibility index (Phi) is 15.8. The average Bonchev–Trinajstić information content (AvgIpc) is 3.24. The summed E-state index contributed by atoms with van der Waals surface area (Å²) in [4.78, 5) is 25.3. The summed E-state index contributed by atoms with van der Waals surface area (Å²) in [7, 11) is 0. The Balaban J connectivity index is 0.721. The van der Waals surface area contributed by atoms with Gasteiger partial charge in [0.2, 0.25) is 0 Å². The topological polar surface area (TPSA) is 125 Å². The van der Waals surface area contributed by atoms with Gasteiger partial charge >= 0.3 is 0 Å². The van der Waals surface area contributed by atoms with Crippen molar-refractivity contribution in [3.63, 3.8) is 0 Å². The van der Waals surface area contributed by atoms with Crippen LogP contribution in [0.4, 0.5) is 0 Å². The van der Waals surface area contributed by atoms with Crippen LogP contribution >= 0.6 is 0 Å². The van der Waals surface area contributed by atoms with Gasteiger partial charge in [0, 0.05) is 23.3 Å². The van der Waals surface area contributed by atoms with E-state index in [2.05, 4.69) is 13.8 Å². The molecule has 0 bridgehead atoms. The minimum absolute atomic E-state index is 0.0536. The molecule has 0 atom stereocenters. The third kappa shape index (κ3) is 12.3. The highest BCUT2D eigenvalue weighted by Crippen LogP contribution is 2.26. The van der Waals surface area contributed by atoms with Gasteiger partial charge in [-0.2, -0.15) is 0 Å². The maximum Gasteiger partial charge on any atom is 0.193 e. The Bertz CT molecular complexity index is 2100. The zero-order valence-corrected chi connectivity index (χ0v) is 32.6. The van der Waals surface area contributed by atoms with Crippen LogP contribution in [0.15, 0.2) is 115 Å². The third-order valence-electron chi connectivity index (χ3n) is 9.16. The normalized spacial score (nSPS) is 11.4. The van der Waals surface area contributed by atoms with Gasteiger partial charge in [-0.25, -0.2) is 0 Å². The zero-order chi connectivity index (χ0) is 39.7. The van der Waals surface area contributed by atoms with Gasteiger partial charge in [-0.1, -0.05) is 26.0 Å². The van der Waals surface area contributed by atoms with Crippen molar-refractivity contribution in [3.8, 4) is 34.1 Å². The van der Waals surface area contributed by atoms with E-state index in [4.69, 9.17) is 42.0 Å². The summed E-state index contributed by atoms with van der Waals surface area (Å²) in [5.41, 5.74) is 4.86. The van der Waals surface area contributed by atoms with Crippen LogP contribution in [0.1, 0.15) is 25.0 Å². The summed E-state index contributed by atoms with van der Waals surface area (Å²) in [6.07, 6.45) is 1.73. The van der Waals surface area contributed by atoms with Crippen LogP contribution in [0.25, 0.3) is 44.6 Å². The van der Waals surface area contributed by atoms with E-state index in [1.807, 2.05) is 84.9 Å². The first-order valence-electron chi connectivity index (χ1n) is 19.5. The average molecular weight is 779 g/mol. The van der Waals surface area contributed by atoms with Crippen molar-refractivity contribution < 1.29 is 42.0 Å². The molecule has 0 spiro atoms. The van der Waals surface area contributed by atoms with Crippen LogP contribution < -0.4 is 20.3 Å². The van der Waals surface area contributed by atoms with Gasteiger partial charge in [0.25, 0.3) is 0 Å². The highest BCUT2D eigenvalue weighted by molar-refractivity contribution is 5.80. The highest BCUT2D eigenvalue weighted by atomic mass is 16.6. The Hall–Kier alpha value is -5.30. The number of hydrogen-bond acceptors (Lipinski definition) is 11. The maximum atomic E-state index is 12.7. The molecule has 0 saturated heterocycles. The van der Waals surface area contributed by atoms with Crippen LogP contribution in [0.2, 0.25) is 0 Å². The SMILES string of the molecule is CCc1ccc2oc(-c3ccc(OCCOCCOCCOCCOCCOCCOc4ccc(-c5cc(=O)c6cc(CC)ccc6o5)cc4)cc3)cc(=O)c2c1. The van der Waals surface area contributed by atoms with E-state index in [1.165, 1.54) is 12.1 Å². The lowest BCUT2D eigenvalue weighted by atomic mass is 10.1. The lowest BCUT2D eigenvalue weighted by Gasteiger charge is -2.10. The fourth-order valence-electron chi connectivity index (χ4n) is 5.98. The molecule has 2 aromatic heterocycles. The van der Waals surface area contributed by atoms with Gasteiger partial charge in [0.15, 0.2) is 10.9 Å². The summed E-state index contributed by atoms with van der Waals surface area (Å²) < 4.78 is 51.4. The van der Waals surface area contributed by atoms with E-state index in [0.29, 0.717) is 124 Å². The highest BCUT2D eigenvalue weighted by Gasteiger charge is 2.10. The molecule has 0 radical (unpaired) electrons. The first-order chi connectivity index (χ1) is 28.0. The van der Waals surface area contributed by atoms with Crippen molar-refractivity contribution in [2.75, 3.05) is 79.3 Å². The van der Waals surface area contributed by atoms with Crippen LogP contribution in [0.5, 0.6) is 11.5 Å². The third-order valence-corrected chi connectivity index (χ3v) is 9.16. The summed E-state index contributed by atoms with van der Waals surface area (Å²) in [5.74, 6) is 2.45. The van der Waals surface area contributed by atoms with Gasteiger partial charge in [-0.05, 0) is 96.8 Å². The molecule has 0 fully saturated rings. The molecule has 6 aromatic rings. The fourth-order valence-corrected chi connectivity index (χ4v) is 5.98. The van der Waals surface area contributed by atoms with Crippen molar-refractivity contribution in [2.45, 2.75) is 26.7 Å². The van der Waals surface area contributed by atoms with Crippen molar-refractivity contribution in [1.82, 2.24) is 0 Å². The predicted molar refractivity (Wildman–Crippen MR) is 220 cm³/mol. The molecule has 11 heteroatoms. The lowest BCUT2D eigenvalue weighted by Crippen LogP contribution is -2.15. The number of fused-ring (bicyclic) bond motifs is 2. The number of benzene rings is 4. The lowest BCUT2D eigenvalue weighted by molar-refractivity contribution is -0.0141. The van der Waals surface area contributed by atoms with Crippen molar-refractivity contribution in [2.24, 2.45) is 0 Å². The van der Waals surface area contributed by atoms with Gasteiger partial charge in [-0.3, -0.25) is 9.59 Å². The number of ether oxygens (including phenoxy) is 7. The molecule has 300 valence electrons. The molecular weight excluding hydrogens is 728 g/mol. The van der Waals surface area contributed by atoms with E-state index < -0.39 is 0 Å². The smallest absolute Gasteiger partial charge is 0.193 e. The van der Waals surface area contributed by atoms with Gasteiger partial charge < -0.3 is 42.0 Å². The maximum absolute atomic E-state index is 12.7. The zero-order valence-electron chi connectivity index (χ0n) is 32.6. The molecule has 11 nitrogen and oxygen atoms in total. The molecule has 0 aliphatic carbocycles. The Morgan fingerprint density at radius 2 is 0.737 bits per heavy atom. The summed E-state index contributed by atoms with van der Waals surface area (Å²) in [6, 6.07) is 29.4.